The topological polar surface area (TPSA) is 70.1 Å². The first-order valence-electron chi connectivity index (χ1n) is 9.41. The van der Waals surface area contributed by atoms with Crippen molar-refractivity contribution in [3.05, 3.63) is 29.6 Å². The van der Waals surface area contributed by atoms with Crippen LogP contribution in [0.2, 0.25) is 0 Å². The summed E-state index contributed by atoms with van der Waals surface area (Å²) in [6, 6.07) is 4.01. The van der Waals surface area contributed by atoms with Crippen molar-refractivity contribution in [2.24, 2.45) is 10.9 Å². The number of pyridine rings is 1. The molecule has 0 aliphatic carbocycles. The average Bonchev–Trinajstić information content (AvgIpc) is 2.70. The van der Waals surface area contributed by atoms with Gasteiger partial charge in [-0.15, -0.1) is 0 Å². The highest BCUT2D eigenvalue weighted by Gasteiger charge is 2.30. The number of rotatable bonds is 3. The normalized spacial score (nSPS) is 19.5. The number of morpholine rings is 1. The molecule has 2 saturated heterocycles. The number of hydrogen-bond acceptors (Lipinski definition) is 4. The number of nitrogens with zero attached hydrogens (tertiary/aromatic N) is 4. The Kier molecular flexibility index (Phi) is 6.44. The van der Waals surface area contributed by atoms with Crippen LogP contribution in [-0.2, 0) is 16.1 Å². The maximum atomic E-state index is 12.6. The molecular weight excluding hydrogens is 330 g/mol. The van der Waals surface area contributed by atoms with Gasteiger partial charge in [0.2, 0.25) is 5.91 Å². The molecule has 0 aromatic carbocycles. The van der Waals surface area contributed by atoms with E-state index in [9.17, 15) is 4.79 Å². The van der Waals surface area contributed by atoms with Gasteiger partial charge in [0.05, 0.1) is 25.5 Å². The van der Waals surface area contributed by atoms with E-state index in [-0.39, 0.29) is 5.92 Å². The SMILES string of the molecule is CN=C(NCc1ncccc1C)N1CCC(C(=O)N2CCOCC2)CC1. The van der Waals surface area contributed by atoms with Crippen molar-refractivity contribution in [1.82, 2.24) is 20.1 Å². The third-order valence-electron chi connectivity index (χ3n) is 5.21. The van der Waals surface area contributed by atoms with Crippen LogP contribution in [0, 0.1) is 12.8 Å². The maximum absolute atomic E-state index is 12.6. The molecule has 2 aliphatic rings. The number of nitrogens with one attached hydrogen (secondary N) is 1. The molecule has 2 aliphatic heterocycles. The van der Waals surface area contributed by atoms with Gasteiger partial charge in [0.15, 0.2) is 5.96 Å². The fraction of sp³-hybridized carbons (Fsp3) is 0.632. The lowest BCUT2D eigenvalue weighted by atomic mass is 9.95. The van der Waals surface area contributed by atoms with Gasteiger partial charge in [0.25, 0.3) is 0 Å². The molecule has 1 N–H and O–H groups in total. The number of aliphatic imine (C=N–C) groups is 1. The van der Waals surface area contributed by atoms with Gasteiger partial charge in [-0.25, -0.2) is 0 Å². The number of aromatic nitrogens is 1. The van der Waals surface area contributed by atoms with Gasteiger partial charge in [0.1, 0.15) is 0 Å². The molecule has 0 radical (unpaired) electrons. The number of hydrogen-bond donors (Lipinski definition) is 1. The van der Waals surface area contributed by atoms with E-state index in [0.717, 1.165) is 50.7 Å². The van der Waals surface area contributed by atoms with E-state index in [0.29, 0.717) is 25.7 Å². The van der Waals surface area contributed by atoms with Crippen LogP contribution in [0.5, 0.6) is 0 Å². The van der Waals surface area contributed by atoms with Gasteiger partial charge < -0.3 is 19.9 Å². The van der Waals surface area contributed by atoms with Crippen molar-refractivity contribution >= 4 is 11.9 Å². The van der Waals surface area contributed by atoms with Gasteiger partial charge in [-0.1, -0.05) is 6.07 Å². The average molecular weight is 359 g/mol. The van der Waals surface area contributed by atoms with Crippen LogP contribution in [0.1, 0.15) is 24.1 Å². The lowest BCUT2D eigenvalue weighted by molar-refractivity contribution is -0.140. The van der Waals surface area contributed by atoms with Crippen LogP contribution in [-0.4, -0.2) is 73.1 Å². The number of guanidine groups is 1. The largest absolute Gasteiger partial charge is 0.378 e. The number of carbonyl (C=O) groups excluding carboxylic acids is 1. The van der Waals surface area contributed by atoms with Crippen molar-refractivity contribution in [2.45, 2.75) is 26.3 Å². The smallest absolute Gasteiger partial charge is 0.225 e. The van der Waals surface area contributed by atoms with Crippen molar-refractivity contribution in [2.75, 3.05) is 46.4 Å². The molecule has 142 valence electrons. The Labute approximate surface area is 155 Å². The summed E-state index contributed by atoms with van der Waals surface area (Å²) in [5, 5.41) is 3.41. The molecule has 26 heavy (non-hydrogen) atoms. The van der Waals surface area contributed by atoms with Crippen LogP contribution in [0.3, 0.4) is 0 Å². The summed E-state index contributed by atoms with van der Waals surface area (Å²) in [5.41, 5.74) is 2.20. The van der Waals surface area contributed by atoms with E-state index in [1.807, 2.05) is 17.2 Å². The zero-order valence-corrected chi connectivity index (χ0v) is 15.8. The monoisotopic (exact) mass is 359 g/mol. The van der Waals surface area contributed by atoms with E-state index in [4.69, 9.17) is 4.74 Å². The molecule has 7 nitrogen and oxygen atoms in total. The molecule has 1 amide bonds. The Hall–Kier alpha value is -2.15. The number of amides is 1. The molecule has 1 aromatic rings. The number of likely N-dealkylation sites (tertiary alicyclic amines) is 1. The van der Waals surface area contributed by atoms with Gasteiger partial charge in [-0.05, 0) is 31.4 Å². The van der Waals surface area contributed by atoms with Crippen molar-refractivity contribution in [1.29, 1.82) is 0 Å². The van der Waals surface area contributed by atoms with Gasteiger partial charge >= 0.3 is 0 Å². The van der Waals surface area contributed by atoms with Gasteiger partial charge in [-0.3, -0.25) is 14.8 Å². The molecule has 3 heterocycles. The molecule has 7 heteroatoms. The molecule has 0 spiro atoms. The van der Waals surface area contributed by atoms with E-state index in [1.54, 1.807) is 7.05 Å². The molecule has 0 bridgehead atoms. The van der Waals surface area contributed by atoms with E-state index in [2.05, 4.69) is 33.2 Å². The Morgan fingerprint density at radius 3 is 2.65 bits per heavy atom. The number of piperidine rings is 1. The molecule has 3 rings (SSSR count). The summed E-state index contributed by atoms with van der Waals surface area (Å²) in [6.07, 6.45) is 3.56. The summed E-state index contributed by atoms with van der Waals surface area (Å²) >= 11 is 0. The molecular formula is C19H29N5O2. The highest BCUT2D eigenvalue weighted by molar-refractivity contribution is 5.81. The molecule has 0 unspecified atom stereocenters. The Morgan fingerprint density at radius 1 is 1.27 bits per heavy atom. The first-order valence-corrected chi connectivity index (χ1v) is 9.41. The minimum absolute atomic E-state index is 0.125. The second-order valence-corrected chi connectivity index (χ2v) is 6.87. The van der Waals surface area contributed by atoms with Crippen LogP contribution in [0.15, 0.2) is 23.3 Å². The number of ether oxygens (including phenoxy) is 1. The van der Waals surface area contributed by atoms with Crippen LogP contribution < -0.4 is 5.32 Å². The zero-order chi connectivity index (χ0) is 18.4. The first-order chi connectivity index (χ1) is 12.7. The summed E-state index contributed by atoms with van der Waals surface area (Å²) in [5.74, 6) is 1.30. The molecule has 0 atom stereocenters. The van der Waals surface area contributed by atoms with Crippen molar-refractivity contribution in [3.8, 4) is 0 Å². The predicted molar refractivity (Wildman–Crippen MR) is 101 cm³/mol. The van der Waals surface area contributed by atoms with Crippen LogP contribution >= 0.6 is 0 Å². The quantitative estimate of drug-likeness (QED) is 0.645. The number of carbonyl (C=O) groups is 1. The lowest BCUT2D eigenvalue weighted by Crippen LogP contribution is -2.49. The lowest BCUT2D eigenvalue weighted by Gasteiger charge is -2.36. The second-order valence-electron chi connectivity index (χ2n) is 6.87. The van der Waals surface area contributed by atoms with E-state index in [1.165, 1.54) is 5.56 Å². The fourth-order valence-corrected chi connectivity index (χ4v) is 3.58. The van der Waals surface area contributed by atoms with Crippen LogP contribution in [0.4, 0.5) is 0 Å². The standard InChI is InChI=1S/C19H29N5O2/c1-15-4-3-7-21-17(15)14-22-19(20-2)24-8-5-16(6-9-24)18(25)23-10-12-26-13-11-23/h3-4,7,16H,5-6,8-14H2,1-2H3,(H,20,22). The molecule has 1 aromatic heterocycles. The minimum Gasteiger partial charge on any atom is -0.378 e. The zero-order valence-electron chi connectivity index (χ0n) is 15.8. The van der Waals surface area contributed by atoms with E-state index >= 15 is 0 Å². The third-order valence-corrected chi connectivity index (χ3v) is 5.21. The summed E-state index contributed by atoms with van der Waals surface area (Å²) < 4.78 is 5.34. The summed E-state index contributed by atoms with van der Waals surface area (Å²) in [7, 11) is 1.80. The van der Waals surface area contributed by atoms with Crippen molar-refractivity contribution in [3.63, 3.8) is 0 Å². The predicted octanol–water partition coefficient (Wildman–Crippen LogP) is 1.04. The Balaban J connectivity index is 1.49. The first kappa shape index (κ1) is 18.6. The van der Waals surface area contributed by atoms with E-state index < -0.39 is 0 Å². The molecule has 2 fully saturated rings. The Morgan fingerprint density at radius 2 is 2.00 bits per heavy atom. The highest BCUT2D eigenvalue weighted by Crippen LogP contribution is 2.20. The van der Waals surface area contributed by atoms with Gasteiger partial charge in [0, 0.05) is 45.3 Å². The summed E-state index contributed by atoms with van der Waals surface area (Å²) in [6.45, 7) is 7.20. The fourth-order valence-electron chi connectivity index (χ4n) is 3.58. The maximum Gasteiger partial charge on any atom is 0.225 e. The Bertz CT molecular complexity index is 635. The van der Waals surface area contributed by atoms with Crippen LogP contribution in [0.25, 0.3) is 0 Å². The third kappa shape index (κ3) is 4.52. The molecule has 0 saturated carbocycles. The van der Waals surface area contributed by atoms with Crippen molar-refractivity contribution < 1.29 is 9.53 Å². The second kappa shape index (κ2) is 8.98. The summed E-state index contributed by atoms with van der Waals surface area (Å²) in [4.78, 5) is 25.7. The minimum atomic E-state index is 0.125. The van der Waals surface area contributed by atoms with Gasteiger partial charge in [-0.2, -0.15) is 0 Å². The highest BCUT2D eigenvalue weighted by atomic mass is 16.5. The number of aryl methyl sites for hydroxylation is 1.